The van der Waals surface area contributed by atoms with E-state index in [-0.39, 0.29) is 11.3 Å². The summed E-state index contributed by atoms with van der Waals surface area (Å²) >= 11 is 0. The number of carboxylic acid groups (broad SMARTS) is 1. The number of hydrogen-bond acceptors (Lipinski definition) is 4. The third-order valence-corrected chi connectivity index (χ3v) is 3.16. The fourth-order valence-electron chi connectivity index (χ4n) is 2.15. The van der Waals surface area contributed by atoms with Crippen LogP contribution in [0.3, 0.4) is 0 Å². The first-order valence-electron chi connectivity index (χ1n) is 6.15. The van der Waals surface area contributed by atoms with Crippen LogP contribution in [0.15, 0.2) is 18.2 Å². The fraction of sp³-hybridized carbons (Fsp3) is 0.462. The van der Waals surface area contributed by atoms with Crippen molar-refractivity contribution in [3.8, 4) is 5.75 Å². The predicted octanol–water partition coefficient (Wildman–Crippen LogP) is 1.44. The van der Waals surface area contributed by atoms with Crippen molar-refractivity contribution in [1.82, 2.24) is 4.90 Å². The van der Waals surface area contributed by atoms with Crippen molar-refractivity contribution in [2.45, 2.75) is 12.8 Å². The highest BCUT2D eigenvalue weighted by Crippen LogP contribution is 2.25. The molecule has 18 heavy (non-hydrogen) atoms. The molecule has 0 spiro atoms. The molecule has 0 radical (unpaired) electrons. The summed E-state index contributed by atoms with van der Waals surface area (Å²) in [5.41, 5.74) is 6.05. The van der Waals surface area contributed by atoms with Crippen LogP contribution in [0.5, 0.6) is 5.75 Å². The number of benzene rings is 1. The predicted molar refractivity (Wildman–Crippen MR) is 69.0 cm³/mol. The summed E-state index contributed by atoms with van der Waals surface area (Å²) < 4.78 is 5.56. The topological polar surface area (TPSA) is 75.8 Å². The van der Waals surface area contributed by atoms with E-state index in [1.807, 2.05) is 0 Å². The molecule has 0 saturated carbocycles. The van der Waals surface area contributed by atoms with Gasteiger partial charge in [0.15, 0.2) is 0 Å². The minimum Gasteiger partial charge on any atom is -0.490 e. The highest BCUT2D eigenvalue weighted by molar-refractivity contribution is 5.95. The molecule has 2 rings (SSSR count). The standard InChI is InChI=1S/C13H18N2O3/c14-12-10(13(16)17)4-3-5-11(12)18-9-8-15-6-1-2-7-15/h3-5H,1-2,6-9,14H2,(H,16,17). The van der Waals surface area contributed by atoms with Gasteiger partial charge in [0, 0.05) is 6.54 Å². The molecule has 0 unspecified atom stereocenters. The Kier molecular flexibility index (Phi) is 4.04. The summed E-state index contributed by atoms with van der Waals surface area (Å²) in [6.45, 7) is 3.63. The molecule has 1 heterocycles. The molecule has 1 fully saturated rings. The van der Waals surface area contributed by atoms with E-state index in [9.17, 15) is 4.79 Å². The molecule has 1 saturated heterocycles. The summed E-state index contributed by atoms with van der Waals surface area (Å²) in [5.74, 6) is -0.577. The molecule has 0 aromatic heterocycles. The number of para-hydroxylation sites is 1. The number of hydrogen-bond donors (Lipinski definition) is 2. The second kappa shape index (κ2) is 5.73. The normalized spacial score (nSPS) is 15.8. The molecule has 0 bridgehead atoms. The smallest absolute Gasteiger partial charge is 0.337 e. The average Bonchev–Trinajstić information content (AvgIpc) is 2.84. The Bertz CT molecular complexity index is 428. The van der Waals surface area contributed by atoms with E-state index in [1.165, 1.54) is 18.9 Å². The molecule has 1 aromatic rings. The Labute approximate surface area is 106 Å². The number of aromatic carboxylic acids is 1. The number of carboxylic acids is 1. The average molecular weight is 250 g/mol. The third kappa shape index (κ3) is 2.92. The molecule has 98 valence electrons. The van der Waals surface area contributed by atoms with Gasteiger partial charge in [-0.15, -0.1) is 0 Å². The van der Waals surface area contributed by atoms with Gasteiger partial charge in [-0.1, -0.05) is 6.07 Å². The van der Waals surface area contributed by atoms with Gasteiger partial charge in [-0.3, -0.25) is 4.90 Å². The Morgan fingerprint density at radius 2 is 2.11 bits per heavy atom. The molecular weight excluding hydrogens is 232 g/mol. The summed E-state index contributed by atoms with van der Waals surface area (Å²) in [7, 11) is 0. The molecule has 0 amide bonds. The lowest BCUT2D eigenvalue weighted by Gasteiger charge is -2.16. The molecule has 3 N–H and O–H groups in total. The van der Waals surface area contributed by atoms with E-state index in [0.717, 1.165) is 19.6 Å². The van der Waals surface area contributed by atoms with Gasteiger partial charge in [0.05, 0.1) is 11.3 Å². The van der Waals surface area contributed by atoms with Crippen molar-refractivity contribution in [2.75, 3.05) is 32.0 Å². The van der Waals surface area contributed by atoms with Gasteiger partial charge in [-0.2, -0.15) is 0 Å². The fourth-order valence-corrected chi connectivity index (χ4v) is 2.15. The van der Waals surface area contributed by atoms with Crippen molar-refractivity contribution >= 4 is 11.7 Å². The first-order chi connectivity index (χ1) is 8.68. The van der Waals surface area contributed by atoms with Crippen molar-refractivity contribution in [3.63, 3.8) is 0 Å². The van der Waals surface area contributed by atoms with Crippen molar-refractivity contribution in [3.05, 3.63) is 23.8 Å². The van der Waals surface area contributed by atoms with E-state index in [2.05, 4.69) is 4.90 Å². The summed E-state index contributed by atoms with van der Waals surface area (Å²) in [5, 5.41) is 8.94. The number of nitrogens with two attached hydrogens (primary N) is 1. The largest absolute Gasteiger partial charge is 0.490 e. The molecule has 1 aliphatic rings. The molecule has 1 aliphatic heterocycles. The van der Waals surface area contributed by atoms with E-state index in [1.54, 1.807) is 12.1 Å². The lowest BCUT2D eigenvalue weighted by Crippen LogP contribution is -2.25. The van der Waals surface area contributed by atoms with Crippen LogP contribution in [0, 0.1) is 0 Å². The van der Waals surface area contributed by atoms with Gasteiger partial charge in [0.1, 0.15) is 12.4 Å². The molecule has 5 nitrogen and oxygen atoms in total. The Morgan fingerprint density at radius 1 is 1.39 bits per heavy atom. The Balaban J connectivity index is 1.92. The minimum absolute atomic E-state index is 0.0914. The monoisotopic (exact) mass is 250 g/mol. The SMILES string of the molecule is Nc1c(OCCN2CCCC2)cccc1C(=O)O. The quantitative estimate of drug-likeness (QED) is 0.773. The van der Waals surface area contributed by atoms with E-state index in [4.69, 9.17) is 15.6 Å². The Morgan fingerprint density at radius 3 is 2.78 bits per heavy atom. The van der Waals surface area contributed by atoms with Crippen LogP contribution in [0.1, 0.15) is 23.2 Å². The van der Waals surface area contributed by atoms with E-state index < -0.39 is 5.97 Å². The number of likely N-dealkylation sites (tertiary alicyclic amines) is 1. The number of anilines is 1. The maximum Gasteiger partial charge on any atom is 0.337 e. The maximum atomic E-state index is 10.9. The van der Waals surface area contributed by atoms with Gasteiger partial charge in [0.25, 0.3) is 0 Å². The van der Waals surface area contributed by atoms with Crippen LogP contribution in [-0.2, 0) is 0 Å². The van der Waals surface area contributed by atoms with Gasteiger partial charge in [0.2, 0.25) is 0 Å². The Hall–Kier alpha value is -1.75. The van der Waals surface area contributed by atoms with E-state index >= 15 is 0 Å². The van der Waals surface area contributed by atoms with E-state index in [0.29, 0.717) is 12.4 Å². The number of carbonyl (C=O) groups is 1. The summed E-state index contributed by atoms with van der Waals surface area (Å²) in [4.78, 5) is 13.2. The van der Waals surface area contributed by atoms with Gasteiger partial charge < -0.3 is 15.6 Å². The van der Waals surface area contributed by atoms with Crippen LogP contribution >= 0.6 is 0 Å². The second-order valence-corrected chi connectivity index (χ2v) is 4.42. The molecule has 1 aromatic carbocycles. The molecule has 0 aliphatic carbocycles. The van der Waals surface area contributed by atoms with Gasteiger partial charge in [-0.25, -0.2) is 4.79 Å². The van der Waals surface area contributed by atoms with Crippen LogP contribution < -0.4 is 10.5 Å². The minimum atomic E-state index is -1.03. The zero-order valence-corrected chi connectivity index (χ0v) is 10.3. The third-order valence-electron chi connectivity index (χ3n) is 3.16. The van der Waals surface area contributed by atoms with Gasteiger partial charge in [-0.05, 0) is 38.1 Å². The first-order valence-corrected chi connectivity index (χ1v) is 6.15. The second-order valence-electron chi connectivity index (χ2n) is 4.42. The summed E-state index contributed by atoms with van der Waals surface area (Å²) in [6.07, 6.45) is 2.49. The molecule has 0 atom stereocenters. The van der Waals surface area contributed by atoms with Crippen molar-refractivity contribution in [1.29, 1.82) is 0 Å². The highest BCUT2D eigenvalue weighted by Gasteiger charge is 2.13. The van der Waals surface area contributed by atoms with Crippen LogP contribution in [0.4, 0.5) is 5.69 Å². The van der Waals surface area contributed by atoms with Crippen molar-refractivity contribution < 1.29 is 14.6 Å². The molecular formula is C13H18N2O3. The van der Waals surface area contributed by atoms with Crippen LogP contribution in [-0.4, -0.2) is 42.2 Å². The number of ether oxygens (including phenoxy) is 1. The summed E-state index contributed by atoms with van der Waals surface area (Å²) in [6, 6.07) is 4.82. The molecule has 5 heteroatoms. The highest BCUT2D eigenvalue weighted by atomic mass is 16.5. The van der Waals surface area contributed by atoms with Crippen LogP contribution in [0.2, 0.25) is 0 Å². The number of nitrogens with zero attached hydrogens (tertiary/aromatic N) is 1. The first kappa shape index (κ1) is 12.7. The lowest BCUT2D eigenvalue weighted by molar-refractivity contribution is 0.0697. The van der Waals surface area contributed by atoms with Gasteiger partial charge >= 0.3 is 5.97 Å². The lowest BCUT2D eigenvalue weighted by atomic mass is 10.1. The zero-order valence-electron chi connectivity index (χ0n) is 10.3. The maximum absolute atomic E-state index is 10.9. The zero-order chi connectivity index (χ0) is 13.0. The number of rotatable bonds is 5. The van der Waals surface area contributed by atoms with Crippen LogP contribution in [0.25, 0.3) is 0 Å². The van der Waals surface area contributed by atoms with Crippen molar-refractivity contribution in [2.24, 2.45) is 0 Å². The number of nitrogen functional groups attached to an aromatic ring is 1.